The third-order valence-electron chi connectivity index (χ3n) is 2.25. The van der Waals surface area contributed by atoms with E-state index in [0.29, 0.717) is 18.8 Å². The minimum absolute atomic E-state index is 0.389. The number of amides is 1. The average molecular weight is 226 g/mol. The fraction of sp³-hybridized carbons (Fsp3) is 0.600. The van der Waals surface area contributed by atoms with Crippen molar-refractivity contribution in [2.45, 2.75) is 32.9 Å². The van der Waals surface area contributed by atoms with Crippen molar-refractivity contribution in [3.05, 3.63) is 12.4 Å². The lowest BCUT2D eigenvalue weighted by Crippen LogP contribution is -2.46. The highest BCUT2D eigenvalue weighted by Gasteiger charge is 2.25. The molecular formula is C10H18N4O2. The van der Waals surface area contributed by atoms with Crippen LogP contribution in [0.25, 0.3) is 0 Å². The molecule has 90 valence electrons. The van der Waals surface area contributed by atoms with E-state index in [-0.39, 0.29) is 0 Å². The number of aromatic nitrogens is 2. The summed E-state index contributed by atoms with van der Waals surface area (Å²) in [6.07, 6.45) is 2.30. The van der Waals surface area contributed by atoms with Crippen molar-refractivity contribution in [3.63, 3.8) is 0 Å². The molecule has 1 heterocycles. The summed E-state index contributed by atoms with van der Waals surface area (Å²) in [5, 5.41) is 13.1. The van der Waals surface area contributed by atoms with Crippen molar-refractivity contribution in [1.82, 2.24) is 14.7 Å². The summed E-state index contributed by atoms with van der Waals surface area (Å²) in [5.41, 5.74) is 5.69. The van der Waals surface area contributed by atoms with Crippen molar-refractivity contribution < 1.29 is 9.90 Å². The fourth-order valence-electron chi connectivity index (χ4n) is 1.42. The van der Waals surface area contributed by atoms with Crippen LogP contribution in [0.4, 0.5) is 10.5 Å². The molecule has 0 atom stereocenters. The number of nitrogens with zero attached hydrogens (tertiary/aromatic N) is 3. The van der Waals surface area contributed by atoms with Gasteiger partial charge in [0.15, 0.2) is 0 Å². The van der Waals surface area contributed by atoms with Crippen molar-refractivity contribution in [2.75, 3.05) is 12.3 Å². The SMILES string of the molecule is CC(C)(C)N(CCn1cc(N)cn1)C(=O)O. The quantitative estimate of drug-likeness (QED) is 0.812. The molecule has 1 amide bonds. The predicted octanol–water partition coefficient (Wildman–Crippen LogP) is 1.24. The molecule has 6 nitrogen and oxygen atoms in total. The molecule has 0 aliphatic carbocycles. The van der Waals surface area contributed by atoms with Gasteiger partial charge >= 0.3 is 6.09 Å². The van der Waals surface area contributed by atoms with E-state index in [1.807, 2.05) is 20.8 Å². The third-order valence-corrected chi connectivity index (χ3v) is 2.25. The number of carbonyl (C=O) groups is 1. The molecule has 16 heavy (non-hydrogen) atoms. The van der Waals surface area contributed by atoms with Crippen LogP contribution in [0.5, 0.6) is 0 Å². The Labute approximate surface area is 94.6 Å². The van der Waals surface area contributed by atoms with E-state index in [9.17, 15) is 4.79 Å². The standard InChI is InChI=1S/C10H18N4O2/c1-10(2,3)14(9(15)16)5-4-13-7-8(11)6-12-13/h6-7H,4-5,11H2,1-3H3,(H,15,16). The van der Waals surface area contributed by atoms with Crippen LogP contribution in [0.1, 0.15) is 20.8 Å². The van der Waals surface area contributed by atoms with Crippen molar-refractivity contribution in [3.8, 4) is 0 Å². The highest BCUT2D eigenvalue weighted by molar-refractivity contribution is 5.65. The van der Waals surface area contributed by atoms with Gasteiger partial charge in [0.25, 0.3) is 0 Å². The van der Waals surface area contributed by atoms with Crippen LogP contribution in [-0.4, -0.2) is 38.0 Å². The van der Waals surface area contributed by atoms with Gasteiger partial charge in [-0.15, -0.1) is 0 Å². The predicted molar refractivity (Wildman–Crippen MR) is 61.1 cm³/mol. The second-order valence-corrected chi connectivity index (χ2v) is 4.64. The van der Waals surface area contributed by atoms with E-state index in [1.165, 1.54) is 4.90 Å². The average Bonchev–Trinajstić information content (AvgIpc) is 2.48. The summed E-state index contributed by atoms with van der Waals surface area (Å²) in [6, 6.07) is 0. The molecule has 0 saturated carbocycles. The minimum atomic E-state index is -0.923. The highest BCUT2D eigenvalue weighted by atomic mass is 16.4. The van der Waals surface area contributed by atoms with Crippen LogP contribution in [-0.2, 0) is 6.54 Å². The first-order valence-corrected chi connectivity index (χ1v) is 5.09. The molecule has 1 rings (SSSR count). The zero-order chi connectivity index (χ0) is 12.3. The summed E-state index contributed by atoms with van der Waals surface area (Å²) >= 11 is 0. The zero-order valence-corrected chi connectivity index (χ0v) is 9.84. The number of anilines is 1. The van der Waals surface area contributed by atoms with Gasteiger partial charge in [-0.1, -0.05) is 0 Å². The first-order chi connectivity index (χ1) is 7.30. The topological polar surface area (TPSA) is 84.4 Å². The van der Waals surface area contributed by atoms with Crippen LogP contribution >= 0.6 is 0 Å². The van der Waals surface area contributed by atoms with Crippen molar-refractivity contribution >= 4 is 11.8 Å². The fourth-order valence-corrected chi connectivity index (χ4v) is 1.42. The molecule has 1 aromatic heterocycles. The smallest absolute Gasteiger partial charge is 0.407 e. The van der Waals surface area contributed by atoms with Gasteiger partial charge in [-0.25, -0.2) is 4.79 Å². The van der Waals surface area contributed by atoms with E-state index in [4.69, 9.17) is 10.8 Å². The van der Waals surface area contributed by atoms with Gasteiger partial charge in [0.1, 0.15) is 0 Å². The Kier molecular flexibility index (Phi) is 3.41. The highest BCUT2D eigenvalue weighted by Crippen LogP contribution is 2.13. The Hall–Kier alpha value is -1.72. The summed E-state index contributed by atoms with van der Waals surface area (Å²) < 4.78 is 1.64. The maximum absolute atomic E-state index is 11.0. The molecule has 6 heteroatoms. The molecule has 0 saturated heterocycles. The molecule has 0 unspecified atom stereocenters. The molecule has 0 radical (unpaired) electrons. The summed E-state index contributed by atoms with van der Waals surface area (Å²) in [4.78, 5) is 12.4. The first kappa shape index (κ1) is 12.4. The van der Waals surface area contributed by atoms with Crippen LogP contribution in [0.15, 0.2) is 12.4 Å². The maximum Gasteiger partial charge on any atom is 0.407 e. The Morgan fingerprint density at radius 1 is 1.62 bits per heavy atom. The number of nitrogens with two attached hydrogens (primary N) is 1. The van der Waals surface area contributed by atoms with Crippen LogP contribution < -0.4 is 5.73 Å². The normalized spacial score (nSPS) is 11.4. The molecule has 1 aromatic rings. The third kappa shape index (κ3) is 3.15. The lowest BCUT2D eigenvalue weighted by molar-refractivity contribution is 0.0971. The molecule has 0 fully saturated rings. The summed E-state index contributed by atoms with van der Waals surface area (Å²) in [6.45, 7) is 6.47. The Bertz CT molecular complexity index is 367. The van der Waals surface area contributed by atoms with E-state index >= 15 is 0 Å². The molecule has 0 aliphatic heterocycles. The van der Waals surface area contributed by atoms with Gasteiger partial charge < -0.3 is 15.7 Å². The second-order valence-electron chi connectivity index (χ2n) is 4.64. The summed E-state index contributed by atoms with van der Waals surface area (Å²) in [5.74, 6) is 0. The van der Waals surface area contributed by atoms with Crippen LogP contribution in [0, 0.1) is 0 Å². The van der Waals surface area contributed by atoms with Gasteiger partial charge in [-0.05, 0) is 20.8 Å². The van der Waals surface area contributed by atoms with E-state index in [1.54, 1.807) is 17.1 Å². The Morgan fingerprint density at radius 2 is 2.25 bits per heavy atom. The second kappa shape index (κ2) is 4.42. The Balaban J connectivity index is 2.61. The summed E-state index contributed by atoms with van der Waals surface area (Å²) in [7, 11) is 0. The zero-order valence-electron chi connectivity index (χ0n) is 9.84. The van der Waals surface area contributed by atoms with Crippen molar-refractivity contribution in [1.29, 1.82) is 0 Å². The van der Waals surface area contributed by atoms with Crippen LogP contribution in [0.2, 0.25) is 0 Å². The number of carboxylic acid groups (broad SMARTS) is 1. The Morgan fingerprint density at radius 3 is 2.62 bits per heavy atom. The molecular weight excluding hydrogens is 208 g/mol. The molecule has 0 bridgehead atoms. The molecule has 0 spiro atoms. The first-order valence-electron chi connectivity index (χ1n) is 5.09. The van der Waals surface area contributed by atoms with Crippen LogP contribution in [0.3, 0.4) is 0 Å². The van der Waals surface area contributed by atoms with Gasteiger partial charge in [0, 0.05) is 18.3 Å². The van der Waals surface area contributed by atoms with E-state index in [0.717, 1.165) is 0 Å². The monoisotopic (exact) mass is 226 g/mol. The lowest BCUT2D eigenvalue weighted by atomic mass is 10.1. The van der Waals surface area contributed by atoms with Gasteiger partial charge in [-0.2, -0.15) is 5.10 Å². The van der Waals surface area contributed by atoms with Gasteiger partial charge in [0.05, 0.1) is 18.4 Å². The maximum atomic E-state index is 11.0. The largest absolute Gasteiger partial charge is 0.465 e. The van der Waals surface area contributed by atoms with Gasteiger partial charge in [-0.3, -0.25) is 4.68 Å². The molecule has 3 N–H and O–H groups in total. The minimum Gasteiger partial charge on any atom is -0.465 e. The van der Waals surface area contributed by atoms with E-state index in [2.05, 4.69) is 5.10 Å². The number of nitrogen functional groups attached to an aromatic ring is 1. The molecule has 0 aromatic carbocycles. The number of hydrogen-bond donors (Lipinski definition) is 2. The number of rotatable bonds is 3. The van der Waals surface area contributed by atoms with E-state index < -0.39 is 11.6 Å². The lowest BCUT2D eigenvalue weighted by Gasteiger charge is -2.33. The van der Waals surface area contributed by atoms with Crippen molar-refractivity contribution in [2.24, 2.45) is 0 Å². The number of hydrogen-bond acceptors (Lipinski definition) is 3. The van der Waals surface area contributed by atoms with Gasteiger partial charge in [0.2, 0.25) is 0 Å². The molecule has 0 aliphatic rings.